The number of ether oxygens (including phenoxy) is 1. The molecule has 0 aromatic carbocycles. The van der Waals surface area contributed by atoms with Gasteiger partial charge in [0.2, 0.25) is 0 Å². The van der Waals surface area contributed by atoms with Gasteiger partial charge in [-0.2, -0.15) is 0 Å². The highest BCUT2D eigenvalue weighted by Crippen LogP contribution is 2.30. The lowest BCUT2D eigenvalue weighted by Gasteiger charge is -2.34. The topological polar surface area (TPSA) is 42.4 Å². The summed E-state index contributed by atoms with van der Waals surface area (Å²) >= 11 is 0. The Hall–Kier alpha value is -1.58. The molecule has 4 heteroatoms. The van der Waals surface area contributed by atoms with Crippen LogP contribution >= 0.6 is 0 Å². The average molecular weight is 220 g/mol. The minimum absolute atomic E-state index is 0.120. The van der Waals surface area contributed by atoms with Crippen molar-refractivity contribution in [2.45, 2.75) is 25.3 Å². The first-order valence-electron chi connectivity index (χ1n) is 5.57. The summed E-state index contributed by atoms with van der Waals surface area (Å²) in [5.41, 5.74) is 1.09. The highest BCUT2D eigenvalue weighted by molar-refractivity contribution is 5.68. The molecule has 2 heterocycles. The van der Waals surface area contributed by atoms with Crippen molar-refractivity contribution >= 4 is 6.09 Å². The number of nitrogens with zero attached hydrogens (tertiary/aromatic N) is 2. The number of methoxy groups -OCH3 is 1. The molecule has 0 bridgehead atoms. The number of pyridine rings is 1. The second kappa shape index (κ2) is 4.96. The second-order valence-corrected chi connectivity index (χ2v) is 3.96. The van der Waals surface area contributed by atoms with E-state index >= 15 is 0 Å². The number of aromatic nitrogens is 1. The van der Waals surface area contributed by atoms with Crippen molar-refractivity contribution in [1.82, 2.24) is 9.88 Å². The van der Waals surface area contributed by atoms with Crippen LogP contribution in [0.3, 0.4) is 0 Å². The molecular weight excluding hydrogens is 204 g/mol. The van der Waals surface area contributed by atoms with Crippen molar-refractivity contribution in [3.63, 3.8) is 0 Å². The third-order valence-electron chi connectivity index (χ3n) is 2.98. The minimum atomic E-state index is -0.242. The van der Waals surface area contributed by atoms with Crippen molar-refractivity contribution in [2.24, 2.45) is 0 Å². The van der Waals surface area contributed by atoms with E-state index in [9.17, 15) is 4.79 Å². The van der Waals surface area contributed by atoms with Gasteiger partial charge in [0.25, 0.3) is 0 Å². The number of rotatable bonds is 1. The number of hydrogen-bond acceptors (Lipinski definition) is 3. The largest absolute Gasteiger partial charge is 0.453 e. The lowest BCUT2D eigenvalue weighted by Crippen LogP contribution is -2.38. The first kappa shape index (κ1) is 10.9. The number of likely N-dealkylation sites (tertiary alicyclic amines) is 1. The SMILES string of the molecule is COC(=O)N1CCCC[C@H]1c1cccnc1. The van der Waals surface area contributed by atoms with Crippen LogP contribution in [-0.4, -0.2) is 29.6 Å². The molecule has 1 aliphatic rings. The Bertz CT molecular complexity index is 353. The molecule has 86 valence electrons. The van der Waals surface area contributed by atoms with Crippen LogP contribution in [0.15, 0.2) is 24.5 Å². The average Bonchev–Trinajstić information content (AvgIpc) is 2.39. The zero-order valence-electron chi connectivity index (χ0n) is 9.43. The Labute approximate surface area is 95.2 Å². The molecule has 0 spiro atoms. The van der Waals surface area contributed by atoms with Crippen LogP contribution in [0.5, 0.6) is 0 Å². The molecule has 0 radical (unpaired) electrons. The van der Waals surface area contributed by atoms with E-state index in [0.29, 0.717) is 0 Å². The molecule has 0 saturated carbocycles. The number of carbonyl (C=O) groups excluding carboxylic acids is 1. The minimum Gasteiger partial charge on any atom is -0.453 e. The molecule has 1 saturated heterocycles. The lowest BCUT2D eigenvalue weighted by atomic mass is 9.97. The fraction of sp³-hybridized carbons (Fsp3) is 0.500. The molecule has 1 atom stereocenters. The summed E-state index contributed by atoms with van der Waals surface area (Å²) in [6, 6.07) is 4.04. The van der Waals surface area contributed by atoms with E-state index in [2.05, 4.69) is 4.98 Å². The van der Waals surface area contributed by atoms with Gasteiger partial charge in [-0.15, -0.1) is 0 Å². The molecule has 0 unspecified atom stereocenters. The molecule has 4 nitrogen and oxygen atoms in total. The van der Waals surface area contributed by atoms with Gasteiger partial charge in [0.1, 0.15) is 0 Å². The van der Waals surface area contributed by atoms with E-state index in [1.807, 2.05) is 18.3 Å². The Morgan fingerprint density at radius 2 is 2.44 bits per heavy atom. The van der Waals surface area contributed by atoms with Gasteiger partial charge in [-0.05, 0) is 30.9 Å². The molecule has 16 heavy (non-hydrogen) atoms. The zero-order valence-corrected chi connectivity index (χ0v) is 9.43. The second-order valence-electron chi connectivity index (χ2n) is 3.96. The first-order valence-corrected chi connectivity index (χ1v) is 5.57. The van der Waals surface area contributed by atoms with Gasteiger partial charge >= 0.3 is 6.09 Å². The normalized spacial score (nSPS) is 20.6. The van der Waals surface area contributed by atoms with Gasteiger partial charge in [0.15, 0.2) is 0 Å². The van der Waals surface area contributed by atoms with Crippen LogP contribution < -0.4 is 0 Å². The third kappa shape index (κ3) is 2.15. The maximum atomic E-state index is 11.6. The van der Waals surface area contributed by atoms with E-state index in [4.69, 9.17) is 4.74 Å². The van der Waals surface area contributed by atoms with Crippen LogP contribution in [0.2, 0.25) is 0 Å². The van der Waals surface area contributed by atoms with Crippen LogP contribution in [0.25, 0.3) is 0 Å². The summed E-state index contributed by atoms with van der Waals surface area (Å²) in [6.45, 7) is 0.770. The molecular formula is C12H16N2O2. The third-order valence-corrected chi connectivity index (χ3v) is 2.98. The summed E-state index contributed by atoms with van der Waals surface area (Å²) in [7, 11) is 1.43. The van der Waals surface area contributed by atoms with Crippen molar-refractivity contribution in [2.75, 3.05) is 13.7 Å². The lowest BCUT2D eigenvalue weighted by molar-refractivity contribution is 0.0894. The van der Waals surface area contributed by atoms with E-state index in [1.54, 1.807) is 11.1 Å². The maximum absolute atomic E-state index is 11.6. The quantitative estimate of drug-likeness (QED) is 0.729. The Balaban J connectivity index is 2.20. The Morgan fingerprint density at radius 3 is 3.12 bits per heavy atom. The molecule has 1 aliphatic heterocycles. The molecule has 0 N–H and O–H groups in total. The Morgan fingerprint density at radius 1 is 1.56 bits per heavy atom. The monoisotopic (exact) mass is 220 g/mol. The molecule has 0 aliphatic carbocycles. The van der Waals surface area contributed by atoms with Crippen LogP contribution in [0.4, 0.5) is 4.79 Å². The summed E-state index contributed by atoms with van der Waals surface area (Å²) in [5, 5.41) is 0. The van der Waals surface area contributed by atoms with Crippen molar-refractivity contribution < 1.29 is 9.53 Å². The van der Waals surface area contributed by atoms with E-state index in [0.717, 1.165) is 31.4 Å². The number of carbonyl (C=O) groups is 1. The van der Waals surface area contributed by atoms with Gasteiger partial charge < -0.3 is 9.64 Å². The maximum Gasteiger partial charge on any atom is 0.409 e. The number of piperidine rings is 1. The van der Waals surface area contributed by atoms with Crippen molar-refractivity contribution in [3.8, 4) is 0 Å². The summed E-state index contributed by atoms with van der Waals surface area (Å²) in [4.78, 5) is 17.5. The van der Waals surface area contributed by atoms with E-state index < -0.39 is 0 Å². The van der Waals surface area contributed by atoms with Gasteiger partial charge in [-0.3, -0.25) is 4.98 Å². The highest BCUT2D eigenvalue weighted by atomic mass is 16.5. The first-order chi connectivity index (χ1) is 7.83. The van der Waals surface area contributed by atoms with Crippen LogP contribution in [-0.2, 0) is 4.74 Å². The summed E-state index contributed by atoms with van der Waals surface area (Å²) < 4.78 is 4.81. The summed E-state index contributed by atoms with van der Waals surface area (Å²) in [6.07, 6.45) is 6.51. The standard InChI is InChI=1S/C12H16N2O2/c1-16-12(15)14-8-3-2-6-11(14)10-5-4-7-13-9-10/h4-5,7,9,11H,2-3,6,8H2,1H3/t11-/m0/s1. The molecule has 1 amide bonds. The van der Waals surface area contributed by atoms with Gasteiger partial charge in [-0.1, -0.05) is 6.07 Å². The van der Waals surface area contributed by atoms with Gasteiger partial charge in [0, 0.05) is 18.9 Å². The molecule has 2 rings (SSSR count). The van der Waals surface area contributed by atoms with Gasteiger partial charge in [-0.25, -0.2) is 4.79 Å². The molecule has 1 fully saturated rings. The smallest absolute Gasteiger partial charge is 0.409 e. The number of hydrogen-bond donors (Lipinski definition) is 0. The molecule has 1 aromatic heterocycles. The Kier molecular flexibility index (Phi) is 3.39. The van der Waals surface area contributed by atoms with Gasteiger partial charge in [0.05, 0.1) is 13.2 Å². The van der Waals surface area contributed by atoms with Crippen LogP contribution in [0.1, 0.15) is 30.9 Å². The molecule has 1 aromatic rings. The van der Waals surface area contributed by atoms with E-state index in [1.165, 1.54) is 7.11 Å². The zero-order chi connectivity index (χ0) is 11.4. The predicted octanol–water partition coefficient (Wildman–Crippen LogP) is 2.38. The predicted molar refractivity (Wildman–Crippen MR) is 59.9 cm³/mol. The highest BCUT2D eigenvalue weighted by Gasteiger charge is 2.28. The number of amides is 1. The van der Waals surface area contributed by atoms with Crippen molar-refractivity contribution in [1.29, 1.82) is 0 Å². The fourth-order valence-corrected chi connectivity index (χ4v) is 2.19. The fourth-order valence-electron chi connectivity index (χ4n) is 2.19. The van der Waals surface area contributed by atoms with Crippen LogP contribution in [0, 0.1) is 0 Å². The summed E-state index contributed by atoms with van der Waals surface area (Å²) in [5.74, 6) is 0. The van der Waals surface area contributed by atoms with Crippen molar-refractivity contribution in [3.05, 3.63) is 30.1 Å². The van der Waals surface area contributed by atoms with E-state index in [-0.39, 0.29) is 12.1 Å².